The molecule has 1 aliphatic rings. The third kappa shape index (κ3) is 2.76. The molecule has 18 heavy (non-hydrogen) atoms. The van der Waals surface area contributed by atoms with Crippen LogP contribution in [0.4, 0.5) is 0 Å². The number of hydrogen-bond acceptors (Lipinski definition) is 4. The van der Waals surface area contributed by atoms with Gasteiger partial charge in [0.1, 0.15) is 0 Å². The van der Waals surface area contributed by atoms with Crippen LogP contribution in [0.25, 0.3) is 0 Å². The van der Waals surface area contributed by atoms with E-state index < -0.39 is 0 Å². The molecule has 6 heteroatoms. The first-order valence-electron chi connectivity index (χ1n) is 6.20. The summed E-state index contributed by atoms with van der Waals surface area (Å²) in [5.41, 5.74) is 2.02. The van der Waals surface area contributed by atoms with E-state index >= 15 is 0 Å². The molecule has 0 spiro atoms. The van der Waals surface area contributed by atoms with Crippen LogP contribution < -0.4 is 10.6 Å². The van der Waals surface area contributed by atoms with Gasteiger partial charge in [-0.1, -0.05) is 0 Å². The topological polar surface area (TPSA) is 76.0 Å². The lowest BCUT2D eigenvalue weighted by molar-refractivity contribution is -0.134. The molecule has 1 atom stereocenters. The van der Waals surface area contributed by atoms with Gasteiger partial charge in [-0.2, -0.15) is 5.10 Å². The number of carbonyl (C=O) groups excluding carboxylic acids is 2. The number of amides is 2. The summed E-state index contributed by atoms with van der Waals surface area (Å²) in [6.07, 6.45) is 0.958. The van der Waals surface area contributed by atoms with Crippen molar-refractivity contribution in [3.63, 3.8) is 0 Å². The predicted molar refractivity (Wildman–Crippen MR) is 65.6 cm³/mol. The standard InChI is InChI=1S/C12H18N4O2/c1-3-16-9(6-8(2)15-16)7-13-10-4-5-11(17)14-12(10)18/h6,10,13H,3-5,7H2,1-2H3,(H,14,17,18). The minimum Gasteiger partial charge on any atom is -0.300 e. The highest BCUT2D eigenvalue weighted by atomic mass is 16.2. The fraction of sp³-hybridized carbons (Fsp3) is 0.583. The van der Waals surface area contributed by atoms with Crippen LogP contribution in [0.1, 0.15) is 31.2 Å². The van der Waals surface area contributed by atoms with Gasteiger partial charge in [-0.3, -0.25) is 19.6 Å². The van der Waals surface area contributed by atoms with Gasteiger partial charge in [0.25, 0.3) is 0 Å². The van der Waals surface area contributed by atoms with Gasteiger partial charge in [0, 0.05) is 19.5 Å². The summed E-state index contributed by atoms with van der Waals surface area (Å²) in [6, 6.07) is 1.71. The lowest BCUT2D eigenvalue weighted by atomic mass is 10.1. The number of nitrogens with zero attached hydrogens (tertiary/aromatic N) is 2. The van der Waals surface area contributed by atoms with Crippen LogP contribution in [0.3, 0.4) is 0 Å². The van der Waals surface area contributed by atoms with Crippen molar-refractivity contribution < 1.29 is 9.59 Å². The smallest absolute Gasteiger partial charge is 0.243 e. The molecule has 0 aliphatic carbocycles. The third-order valence-corrected chi connectivity index (χ3v) is 3.05. The Kier molecular flexibility index (Phi) is 3.76. The van der Waals surface area contributed by atoms with Gasteiger partial charge in [0.2, 0.25) is 11.8 Å². The molecule has 1 unspecified atom stereocenters. The summed E-state index contributed by atoms with van der Waals surface area (Å²) in [4.78, 5) is 22.6. The van der Waals surface area contributed by atoms with E-state index in [9.17, 15) is 9.59 Å². The summed E-state index contributed by atoms with van der Waals surface area (Å²) in [5, 5.41) is 9.85. The monoisotopic (exact) mass is 250 g/mol. The Hall–Kier alpha value is -1.69. The summed E-state index contributed by atoms with van der Waals surface area (Å²) < 4.78 is 1.91. The first-order chi connectivity index (χ1) is 8.60. The van der Waals surface area contributed by atoms with E-state index in [1.165, 1.54) is 0 Å². The zero-order chi connectivity index (χ0) is 13.1. The van der Waals surface area contributed by atoms with Crippen molar-refractivity contribution in [2.45, 2.75) is 45.8 Å². The fourth-order valence-electron chi connectivity index (χ4n) is 2.13. The summed E-state index contributed by atoms with van der Waals surface area (Å²) in [6.45, 7) is 5.37. The largest absolute Gasteiger partial charge is 0.300 e. The number of hydrogen-bond donors (Lipinski definition) is 2. The van der Waals surface area contributed by atoms with E-state index in [0.29, 0.717) is 19.4 Å². The summed E-state index contributed by atoms with van der Waals surface area (Å²) in [7, 11) is 0. The molecule has 6 nitrogen and oxygen atoms in total. The van der Waals surface area contributed by atoms with Crippen LogP contribution in [-0.4, -0.2) is 27.6 Å². The van der Waals surface area contributed by atoms with Crippen molar-refractivity contribution in [2.24, 2.45) is 0 Å². The van der Waals surface area contributed by atoms with Gasteiger partial charge in [-0.15, -0.1) is 0 Å². The molecule has 98 valence electrons. The number of aryl methyl sites for hydroxylation is 2. The van der Waals surface area contributed by atoms with Crippen LogP contribution in [0, 0.1) is 6.92 Å². The maximum absolute atomic E-state index is 11.6. The number of rotatable bonds is 4. The lowest BCUT2D eigenvalue weighted by Gasteiger charge is -2.21. The third-order valence-electron chi connectivity index (χ3n) is 3.05. The second-order valence-electron chi connectivity index (χ2n) is 4.48. The van der Waals surface area contributed by atoms with Crippen molar-refractivity contribution in [1.82, 2.24) is 20.4 Å². The average Bonchev–Trinajstić information content (AvgIpc) is 2.68. The van der Waals surface area contributed by atoms with Gasteiger partial charge in [0.05, 0.1) is 17.4 Å². The zero-order valence-electron chi connectivity index (χ0n) is 10.7. The highest BCUT2D eigenvalue weighted by molar-refractivity contribution is 6.00. The van der Waals surface area contributed by atoms with Crippen molar-refractivity contribution in [3.05, 3.63) is 17.5 Å². The van der Waals surface area contributed by atoms with E-state index in [-0.39, 0.29) is 17.9 Å². The van der Waals surface area contributed by atoms with Gasteiger partial charge in [-0.05, 0) is 26.3 Å². The van der Waals surface area contributed by atoms with Crippen LogP contribution in [0.2, 0.25) is 0 Å². The summed E-state index contributed by atoms with van der Waals surface area (Å²) >= 11 is 0. The molecule has 2 heterocycles. The average molecular weight is 250 g/mol. The van der Waals surface area contributed by atoms with Crippen molar-refractivity contribution in [1.29, 1.82) is 0 Å². The molecule has 0 bridgehead atoms. The van der Waals surface area contributed by atoms with Crippen LogP contribution in [0.15, 0.2) is 6.07 Å². The Balaban J connectivity index is 1.95. The first kappa shape index (κ1) is 12.8. The van der Waals surface area contributed by atoms with Crippen LogP contribution in [-0.2, 0) is 22.7 Å². The van der Waals surface area contributed by atoms with E-state index in [1.807, 2.05) is 24.6 Å². The molecular formula is C12H18N4O2. The van der Waals surface area contributed by atoms with Gasteiger partial charge < -0.3 is 5.32 Å². The number of nitrogens with one attached hydrogen (secondary N) is 2. The zero-order valence-corrected chi connectivity index (χ0v) is 10.7. The van der Waals surface area contributed by atoms with E-state index in [4.69, 9.17) is 0 Å². The molecule has 1 aromatic heterocycles. The molecule has 0 saturated carbocycles. The maximum atomic E-state index is 11.6. The normalized spacial score (nSPS) is 20.0. The molecule has 0 radical (unpaired) electrons. The Morgan fingerprint density at radius 1 is 1.56 bits per heavy atom. The Morgan fingerprint density at radius 2 is 2.33 bits per heavy atom. The number of aromatic nitrogens is 2. The first-order valence-corrected chi connectivity index (χ1v) is 6.20. The predicted octanol–water partition coefficient (Wildman–Crippen LogP) is 0.106. The van der Waals surface area contributed by atoms with Gasteiger partial charge >= 0.3 is 0 Å². The highest BCUT2D eigenvalue weighted by Gasteiger charge is 2.26. The molecule has 2 rings (SSSR count). The quantitative estimate of drug-likeness (QED) is 0.743. The van der Waals surface area contributed by atoms with Crippen LogP contribution >= 0.6 is 0 Å². The maximum Gasteiger partial charge on any atom is 0.243 e. The molecular weight excluding hydrogens is 232 g/mol. The van der Waals surface area contributed by atoms with Crippen LogP contribution in [0.5, 0.6) is 0 Å². The molecule has 1 aliphatic heterocycles. The van der Waals surface area contributed by atoms with Gasteiger partial charge in [-0.25, -0.2) is 0 Å². The second kappa shape index (κ2) is 5.30. The van der Waals surface area contributed by atoms with Gasteiger partial charge in [0.15, 0.2) is 0 Å². The number of piperidine rings is 1. The lowest BCUT2D eigenvalue weighted by Crippen LogP contribution is -2.50. The molecule has 1 saturated heterocycles. The minimum absolute atomic E-state index is 0.188. The Bertz CT molecular complexity index is 467. The Labute approximate surface area is 106 Å². The van der Waals surface area contributed by atoms with E-state index in [2.05, 4.69) is 15.7 Å². The van der Waals surface area contributed by atoms with E-state index in [0.717, 1.165) is 17.9 Å². The molecule has 2 N–H and O–H groups in total. The molecule has 1 aromatic rings. The SMILES string of the molecule is CCn1nc(C)cc1CNC1CCC(=O)NC1=O. The summed E-state index contributed by atoms with van der Waals surface area (Å²) in [5.74, 6) is -0.418. The molecule has 0 aromatic carbocycles. The Morgan fingerprint density at radius 3 is 3.00 bits per heavy atom. The second-order valence-corrected chi connectivity index (χ2v) is 4.48. The minimum atomic E-state index is -0.289. The number of imide groups is 1. The van der Waals surface area contributed by atoms with E-state index in [1.54, 1.807) is 0 Å². The number of carbonyl (C=O) groups is 2. The van der Waals surface area contributed by atoms with Crippen molar-refractivity contribution >= 4 is 11.8 Å². The highest BCUT2D eigenvalue weighted by Crippen LogP contribution is 2.07. The fourth-order valence-corrected chi connectivity index (χ4v) is 2.13. The van der Waals surface area contributed by atoms with Crippen molar-refractivity contribution in [2.75, 3.05) is 0 Å². The molecule has 2 amide bonds. The molecule has 1 fully saturated rings. The van der Waals surface area contributed by atoms with Crippen molar-refractivity contribution in [3.8, 4) is 0 Å².